The number of carbonyl (C=O) groups excluding carboxylic acids is 1. The molecule has 1 unspecified atom stereocenters. The van der Waals surface area contributed by atoms with E-state index in [4.69, 9.17) is 37.4 Å². The van der Waals surface area contributed by atoms with Crippen molar-refractivity contribution in [3.05, 3.63) is 45.6 Å². The van der Waals surface area contributed by atoms with E-state index in [-0.39, 0.29) is 25.4 Å². The van der Waals surface area contributed by atoms with E-state index in [2.05, 4.69) is 5.32 Å². The Morgan fingerprint density at radius 2 is 2.21 bits per heavy atom. The van der Waals surface area contributed by atoms with E-state index in [0.29, 0.717) is 27.9 Å². The third kappa shape index (κ3) is 6.07. The van der Waals surface area contributed by atoms with E-state index in [1.165, 1.54) is 6.08 Å². The van der Waals surface area contributed by atoms with Crippen molar-refractivity contribution in [1.82, 2.24) is 5.32 Å². The van der Waals surface area contributed by atoms with Gasteiger partial charge in [0.2, 0.25) is 0 Å². The summed E-state index contributed by atoms with van der Waals surface area (Å²) in [7, 11) is 1.57. The smallest absolute Gasteiger partial charge is 0.187 e. The van der Waals surface area contributed by atoms with Gasteiger partial charge in [0.05, 0.1) is 16.7 Å². The van der Waals surface area contributed by atoms with Crippen molar-refractivity contribution in [2.75, 3.05) is 27.1 Å². The van der Waals surface area contributed by atoms with Crippen LogP contribution < -0.4 is 5.32 Å². The average Bonchev–Trinajstić information content (AvgIpc) is 2.60. The molecule has 5 nitrogen and oxygen atoms in total. The molecule has 0 saturated carbocycles. The Morgan fingerprint density at radius 1 is 1.38 bits per heavy atom. The molecular formula is C17H21Cl2NO4. The number of hydrogen-bond donors (Lipinski definition) is 1. The molecule has 0 radical (unpaired) electrons. The van der Waals surface area contributed by atoms with Crippen LogP contribution in [0.5, 0.6) is 0 Å². The number of nitrogens with one attached hydrogen (secondary N) is 1. The molecular weight excluding hydrogens is 353 g/mol. The van der Waals surface area contributed by atoms with Crippen molar-refractivity contribution in [3.63, 3.8) is 0 Å². The molecule has 1 aromatic rings. The first-order valence-electron chi connectivity index (χ1n) is 7.76. The Labute approximate surface area is 151 Å². The number of hydrogen-bond acceptors (Lipinski definition) is 5. The van der Waals surface area contributed by atoms with Crippen LogP contribution in [0.4, 0.5) is 0 Å². The molecule has 0 spiro atoms. The van der Waals surface area contributed by atoms with Crippen LogP contribution >= 0.6 is 23.2 Å². The van der Waals surface area contributed by atoms with E-state index < -0.39 is 0 Å². The lowest BCUT2D eigenvalue weighted by atomic mass is 10.1. The van der Waals surface area contributed by atoms with Gasteiger partial charge < -0.3 is 19.5 Å². The fourth-order valence-electron chi connectivity index (χ4n) is 2.22. The predicted molar refractivity (Wildman–Crippen MR) is 93.4 cm³/mol. The zero-order chi connectivity index (χ0) is 17.4. The standard InChI is InChI=1S/C17H21Cl2NO4/c1-22-11-20-13(10-24-17-4-2-3-7-23-17)9-16(21)12-5-6-14(18)15(19)8-12/h5-6,8-9,17,20H,2-4,7,10-11H2,1H3/b13-9-. The number of halogens is 2. The molecule has 1 aliphatic rings. The number of methoxy groups -OCH3 is 1. The lowest BCUT2D eigenvalue weighted by Gasteiger charge is -2.23. The topological polar surface area (TPSA) is 56.8 Å². The summed E-state index contributed by atoms with van der Waals surface area (Å²) in [6, 6.07) is 4.77. The maximum atomic E-state index is 12.4. The highest BCUT2D eigenvalue weighted by Gasteiger charge is 2.15. The molecule has 0 bridgehead atoms. The Kier molecular flexibility index (Phi) is 8.02. The summed E-state index contributed by atoms with van der Waals surface area (Å²) in [5.41, 5.74) is 1.07. The summed E-state index contributed by atoms with van der Waals surface area (Å²) in [6.07, 6.45) is 4.24. The molecule has 0 aromatic heterocycles. The van der Waals surface area contributed by atoms with Gasteiger partial charge in [-0.1, -0.05) is 23.2 Å². The Hall–Kier alpha value is -1.11. The number of rotatable bonds is 8. The molecule has 1 heterocycles. The molecule has 7 heteroatoms. The van der Waals surface area contributed by atoms with Gasteiger partial charge in [-0.3, -0.25) is 4.79 Å². The minimum atomic E-state index is -0.230. The SMILES string of the molecule is COCN/C(=C\C(=O)c1ccc(Cl)c(Cl)c1)COC1CCCCO1. The van der Waals surface area contributed by atoms with Gasteiger partial charge >= 0.3 is 0 Å². The highest BCUT2D eigenvalue weighted by atomic mass is 35.5. The van der Waals surface area contributed by atoms with Gasteiger partial charge in [-0.05, 0) is 37.5 Å². The third-order valence-electron chi connectivity index (χ3n) is 3.52. The van der Waals surface area contributed by atoms with E-state index in [0.717, 1.165) is 19.3 Å². The average molecular weight is 374 g/mol. The lowest BCUT2D eigenvalue weighted by Crippen LogP contribution is -2.27. The summed E-state index contributed by atoms with van der Waals surface area (Å²) in [6.45, 7) is 1.22. The quantitative estimate of drug-likeness (QED) is 0.426. The maximum absolute atomic E-state index is 12.4. The highest BCUT2D eigenvalue weighted by molar-refractivity contribution is 6.42. The molecule has 1 N–H and O–H groups in total. The van der Waals surface area contributed by atoms with E-state index >= 15 is 0 Å². The molecule has 1 aromatic carbocycles. The number of ketones is 1. The minimum Gasteiger partial charge on any atom is -0.365 e. The predicted octanol–water partition coefficient (Wildman–Crippen LogP) is 3.80. The number of allylic oxidation sites excluding steroid dienone is 1. The second-order valence-corrected chi connectivity index (χ2v) is 6.19. The number of ether oxygens (including phenoxy) is 3. The number of carbonyl (C=O) groups is 1. The Morgan fingerprint density at radius 3 is 2.88 bits per heavy atom. The monoisotopic (exact) mass is 373 g/mol. The van der Waals surface area contributed by atoms with Crippen molar-refractivity contribution >= 4 is 29.0 Å². The van der Waals surface area contributed by atoms with Crippen molar-refractivity contribution in [2.24, 2.45) is 0 Å². The molecule has 1 fully saturated rings. The van der Waals surface area contributed by atoms with Gasteiger partial charge in [0, 0.05) is 31.1 Å². The normalized spacial score (nSPS) is 18.5. The lowest BCUT2D eigenvalue weighted by molar-refractivity contribution is -0.157. The zero-order valence-corrected chi connectivity index (χ0v) is 15.0. The first-order chi connectivity index (χ1) is 11.6. The molecule has 1 aliphatic heterocycles. The van der Waals surface area contributed by atoms with Gasteiger partial charge in [-0.15, -0.1) is 0 Å². The fraction of sp³-hybridized carbons (Fsp3) is 0.471. The zero-order valence-electron chi connectivity index (χ0n) is 13.5. The maximum Gasteiger partial charge on any atom is 0.187 e. The van der Waals surface area contributed by atoms with Crippen LogP contribution in [0.15, 0.2) is 30.0 Å². The van der Waals surface area contributed by atoms with Crippen LogP contribution in [-0.2, 0) is 14.2 Å². The van der Waals surface area contributed by atoms with E-state index in [9.17, 15) is 4.79 Å². The summed E-state index contributed by atoms with van der Waals surface area (Å²) >= 11 is 11.8. The largest absolute Gasteiger partial charge is 0.365 e. The van der Waals surface area contributed by atoms with Crippen molar-refractivity contribution in [1.29, 1.82) is 0 Å². The summed E-state index contributed by atoms with van der Waals surface area (Å²) < 4.78 is 16.2. The van der Waals surface area contributed by atoms with Gasteiger partial charge in [-0.25, -0.2) is 0 Å². The Bertz CT molecular complexity index is 586. The van der Waals surface area contributed by atoms with E-state index in [1.807, 2.05) is 0 Å². The molecule has 24 heavy (non-hydrogen) atoms. The van der Waals surface area contributed by atoms with Crippen molar-refractivity contribution in [3.8, 4) is 0 Å². The third-order valence-corrected chi connectivity index (χ3v) is 4.25. The van der Waals surface area contributed by atoms with Gasteiger partial charge in [0.25, 0.3) is 0 Å². The first kappa shape index (κ1) is 19.2. The van der Waals surface area contributed by atoms with E-state index in [1.54, 1.807) is 25.3 Å². The second-order valence-electron chi connectivity index (χ2n) is 5.38. The molecule has 1 saturated heterocycles. The highest BCUT2D eigenvalue weighted by Crippen LogP contribution is 2.23. The second kappa shape index (κ2) is 10.0. The summed E-state index contributed by atoms with van der Waals surface area (Å²) in [5, 5.41) is 3.77. The molecule has 0 aliphatic carbocycles. The van der Waals surface area contributed by atoms with Crippen LogP contribution in [0.25, 0.3) is 0 Å². The van der Waals surface area contributed by atoms with Crippen molar-refractivity contribution < 1.29 is 19.0 Å². The molecule has 2 rings (SSSR count). The Balaban J connectivity index is 2.02. The fourth-order valence-corrected chi connectivity index (χ4v) is 2.52. The van der Waals surface area contributed by atoms with Crippen LogP contribution in [0.2, 0.25) is 10.0 Å². The van der Waals surface area contributed by atoms with Crippen LogP contribution in [0.3, 0.4) is 0 Å². The van der Waals surface area contributed by atoms with Gasteiger partial charge in [0.15, 0.2) is 12.1 Å². The van der Waals surface area contributed by atoms with Gasteiger partial charge in [-0.2, -0.15) is 0 Å². The molecule has 0 amide bonds. The molecule has 132 valence electrons. The minimum absolute atomic E-state index is 0.194. The summed E-state index contributed by atoms with van der Waals surface area (Å²) in [4.78, 5) is 12.4. The first-order valence-corrected chi connectivity index (χ1v) is 8.51. The van der Waals surface area contributed by atoms with Crippen LogP contribution in [0, 0.1) is 0 Å². The molecule has 1 atom stereocenters. The van der Waals surface area contributed by atoms with Crippen LogP contribution in [0.1, 0.15) is 29.6 Å². The van der Waals surface area contributed by atoms with Gasteiger partial charge in [0.1, 0.15) is 6.73 Å². The van der Waals surface area contributed by atoms with Crippen LogP contribution in [-0.4, -0.2) is 39.1 Å². The van der Waals surface area contributed by atoms with Crippen molar-refractivity contribution in [2.45, 2.75) is 25.6 Å². The summed E-state index contributed by atoms with van der Waals surface area (Å²) in [5.74, 6) is -0.194. The number of benzene rings is 1.